The molecule has 0 bridgehead atoms. The van der Waals surface area contributed by atoms with Gasteiger partial charge in [-0.15, -0.1) is 0 Å². The maximum absolute atomic E-state index is 13.4. The minimum Gasteiger partial charge on any atom is -0.490 e. The number of carbonyl (C=O) groups is 1. The van der Waals surface area contributed by atoms with E-state index in [0.29, 0.717) is 18.7 Å². The molecule has 0 saturated carbocycles. The SMILES string of the molecule is C=CCOc1ccc(C2(C)Nc3ccccc3C(=O)N2CC2CCCO2)cc1. The number of hydrogen-bond donors (Lipinski definition) is 1. The molecular formula is C23H26N2O3. The Bertz CT molecular complexity index is 858. The first-order valence-corrected chi connectivity index (χ1v) is 9.77. The highest BCUT2D eigenvalue weighted by Crippen LogP contribution is 2.39. The number of rotatable bonds is 6. The molecule has 0 aromatic heterocycles. The number of fused-ring (bicyclic) bond motifs is 1. The van der Waals surface area contributed by atoms with Gasteiger partial charge in [0, 0.05) is 18.8 Å². The first kappa shape index (κ1) is 18.6. The van der Waals surface area contributed by atoms with Crippen LogP contribution in [-0.4, -0.2) is 36.7 Å². The summed E-state index contributed by atoms with van der Waals surface area (Å²) in [5, 5.41) is 3.60. The second-order valence-electron chi connectivity index (χ2n) is 7.42. The maximum atomic E-state index is 13.4. The van der Waals surface area contributed by atoms with E-state index in [1.54, 1.807) is 6.08 Å². The third kappa shape index (κ3) is 3.38. The third-order valence-corrected chi connectivity index (χ3v) is 5.52. The molecule has 0 aliphatic carbocycles. The number of hydrogen-bond acceptors (Lipinski definition) is 4. The minimum atomic E-state index is -0.672. The zero-order valence-corrected chi connectivity index (χ0v) is 16.2. The minimum absolute atomic E-state index is 0.0272. The Labute approximate surface area is 165 Å². The monoisotopic (exact) mass is 378 g/mol. The standard InChI is InChI=1S/C23H26N2O3/c1-3-14-27-18-12-10-17(11-13-18)23(2)24-21-9-5-4-8-20(21)22(26)25(23)16-19-7-6-15-28-19/h3-5,8-13,19,24H,1,6-7,14-16H2,2H3. The van der Waals surface area contributed by atoms with Gasteiger partial charge in [0.25, 0.3) is 5.91 Å². The fourth-order valence-electron chi connectivity index (χ4n) is 3.97. The van der Waals surface area contributed by atoms with Gasteiger partial charge in [-0.05, 0) is 49.6 Å². The predicted octanol–water partition coefficient (Wildman–Crippen LogP) is 4.17. The number of nitrogens with zero attached hydrogens (tertiary/aromatic N) is 1. The van der Waals surface area contributed by atoms with Gasteiger partial charge in [0.05, 0.1) is 11.7 Å². The summed E-state index contributed by atoms with van der Waals surface area (Å²) in [7, 11) is 0. The number of para-hydroxylation sites is 1. The van der Waals surface area contributed by atoms with Crippen LogP contribution in [0.3, 0.4) is 0 Å². The average molecular weight is 378 g/mol. The second-order valence-corrected chi connectivity index (χ2v) is 7.42. The molecular weight excluding hydrogens is 352 g/mol. The zero-order valence-electron chi connectivity index (χ0n) is 16.2. The van der Waals surface area contributed by atoms with Gasteiger partial charge in [0.15, 0.2) is 0 Å². The van der Waals surface area contributed by atoms with Crippen LogP contribution in [0.4, 0.5) is 5.69 Å². The number of anilines is 1. The van der Waals surface area contributed by atoms with Crippen LogP contribution in [0, 0.1) is 0 Å². The van der Waals surface area contributed by atoms with Gasteiger partial charge in [-0.2, -0.15) is 0 Å². The summed E-state index contributed by atoms with van der Waals surface area (Å²) in [6.45, 7) is 7.52. The van der Waals surface area contributed by atoms with E-state index in [9.17, 15) is 4.79 Å². The molecule has 5 nitrogen and oxygen atoms in total. The first-order valence-electron chi connectivity index (χ1n) is 9.77. The summed E-state index contributed by atoms with van der Waals surface area (Å²) in [6, 6.07) is 15.6. The Balaban J connectivity index is 1.70. The van der Waals surface area contributed by atoms with Gasteiger partial charge < -0.3 is 19.7 Å². The Morgan fingerprint density at radius 2 is 2.07 bits per heavy atom. The summed E-state index contributed by atoms with van der Waals surface area (Å²) >= 11 is 0. The van der Waals surface area contributed by atoms with Crippen molar-refractivity contribution in [3.63, 3.8) is 0 Å². The average Bonchev–Trinajstić information content (AvgIpc) is 3.23. The van der Waals surface area contributed by atoms with Crippen molar-refractivity contribution in [2.45, 2.75) is 31.5 Å². The van der Waals surface area contributed by atoms with Crippen LogP contribution in [-0.2, 0) is 10.4 Å². The van der Waals surface area contributed by atoms with E-state index in [-0.39, 0.29) is 12.0 Å². The van der Waals surface area contributed by atoms with Crippen molar-refractivity contribution < 1.29 is 14.3 Å². The number of carbonyl (C=O) groups excluding carboxylic acids is 1. The Kier molecular flexibility index (Phi) is 5.09. The quantitative estimate of drug-likeness (QED) is 0.767. The number of benzene rings is 2. The molecule has 2 aliphatic heterocycles. The van der Waals surface area contributed by atoms with E-state index in [0.717, 1.165) is 36.4 Å². The molecule has 2 aromatic carbocycles. The summed E-state index contributed by atoms with van der Waals surface area (Å²) < 4.78 is 11.4. The van der Waals surface area contributed by atoms with Gasteiger partial charge in [-0.1, -0.05) is 36.9 Å². The number of ether oxygens (including phenoxy) is 2. The van der Waals surface area contributed by atoms with Crippen LogP contribution < -0.4 is 10.1 Å². The molecule has 146 valence electrons. The number of nitrogens with one attached hydrogen (secondary N) is 1. The first-order chi connectivity index (χ1) is 13.6. The molecule has 0 radical (unpaired) electrons. The highest BCUT2D eigenvalue weighted by Gasteiger charge is 2.43. The lowest BCUT2D eigenvalue weighted by Crippen LogP contribution is -2.57. The lowest BCUT2D eigenvalue weighted by molar-refractivity contribution is 0.0242. The second kappa shape index (κ2) is 7.68. The van der Waals surface area contributed by atoms with Crippen molar-refractivity contribution in [3.05, 3.63) is 72.3 Å². The molecule has 2 unspecified atom stereocenters. The molecule has 5 heteroatoms. The molecule has 2 heterocycles. The van der Waals surface area contributed by atoms with Crippen molar-refractivity contribution in [1.82, 2.24) is 4.90 Å². The van der Waals surface area contributed by atoms with Crippen molar-refractivity contribution in [1.29, 1.82) is 0 Å². The topological polar surface area (TPSA) is 50.8 Å². The van der Waals surface area contributed by atoms with Crippen molar-refractivity contribution in [3.8, 4) is 5.75 Å². The largest absolute Gasteiger partial charge is 0.490 e. The van der Waals surface area contributed by atoms with Gasteiger partial charge in [0.1, 0.15) is 18.0 Å². The molecule has 2 aromatic rings. The van der Waals surface area contributed by atoms with Crippen molar-refractivity contribution in [2.24, 2.45) is 0 Å². The summed E-state index contributed by atoms with van der Waals surface area (Å²) in [5.41, 5.74) is 1.88. The zero-order chi connectivity index (χ0) is 19.6. The van der Waals surface area contributed by atoms with Crippen LogP contribution in [0.1, 0.15) is 35.7 Å². The van der Waals surface area contributed by atoms with Crippen LogP contribution >= 0.6 is 0 Å². The number of amides is 1. The fourth-order valence-corrected chi connectivity index (χ4v) is 3.97. The van der Waals surface area contributed by atoms with Crippen molar-refractivity contribution >= 4 is 11.6 Å². The van der Waals surface area contributed by atoms with E-state index in [1.165, 1.54) is 0 Å². The highest BCUT2D eigenvalue weighted by molar-refractivity contribution is 6.02. The Morgan fingerprint density at radius 1 is 1.29 bits per heavy atom. The molecule has 28 heavy (non-hydrogen) atoms. The van der Waals surface area contributed by atoms with Crippen LogP contribution in [0.15, 0.2) is 61.2 Å². The van der Waals surface area contributed by atoms with Gasteiger partial charge in [0.2, 0.25) is 0 Å². The molecule has 2 aliphatic rings. The Morgan fingerprint density at radius 3 is 2.79 bits per heavy atom. The third-order valence-electron chi connectivity index (χ3n) is 5.52. The van der Waals surface area contributed by atoms with E-state index in [1.807, 2.05) is 53.4 Å². The Hall–Kier alpha value is -2.79. The summed E-state index contributed by atoms with van der Waals surface area (Å²) in [5.74, 6) is 0.805. The maximum Gasteiger partial charge on any atom is 0.258 e. The van der Waals surface area contributed by atoms with E-state index >= 15 is 0 Å². The molecule has 1 N–H and O–H groups in total. The predicted molar refractivity (Wildman–Crippen MR) is 110 cm³/mol. The molecule has 1 saturated heterocycles. The van der Waals surface area contributed by atoms with Crippen LogP contribution in [0.25, 0.3) is 0 Å². The van der Waals surface area contributed by atoms with Crippen molar-refractivity contribution in [2.75, 3.05) is 25.1 Å². The van der Waals surface area contributed by atoms with Crippen LogP contribution in [0.2, 0.25) is 0 Å². The molecule has 1 fully saturated rings. The fraction of sp³-hybridized carbons (Fsp3) is 0.348. The summed E-state index contributed by atoms with van der Waals surface area (Å²) in [6.07, 6.45) is 3.82. The lowest BCUT2D eigenvalue weighted by atomic mass is 9.93. The van der Waals surface area contributed by atoms with Gasteiger partial charge in [-0.3, -0.25) is 4.79 Å². The lowest BCUT2D eigenvalue weighted by Gasteiger charge is -2.47. The van der Waals surface area contributed by atoms with Gasteiger partial charge >= 0.3 is 0 Å². The molecule has 4 rings (SSSR count). The van der Waals surface area contributed by atoms with Crippen LogP contribution in [0.5, 0.6) is 5.75 Å². The molecule has 2 atom stereocenters. The van der Waals surface area contributed by atoms with E-state index < -0.39 is 5.66 Å². The summed E-state index contributed by atoms with van der Waals surface area (Å²) in [4.78, 5) is 15.3. The van der Waals surface area contributed by atoms with E-state index in [2.05, 4.69) is 18.8 Å². The normalized spacial score (nSPS) is 23.8. The van der Waals surface area contributed by atoms with E-state index in [4.69, 9.17) is 9.47 Å². The van der Waals surface area contributed by atoms with Gasteiger partial charge in [-0.25, -0.2) is 0 Å². The smallest absolute Gasteiger partial charge is 0.258 e. The molecule has 0 spiro atoms. The molecule has 1 amide bonds. The highest BCUT2D eigenvalue weighted by atomic mass is 16.5.